The zero-order valence-electron chi connectivity index (χ0n) is 18.7. The minimum Gasteiger partial charge on any atom is -0.495 e. The van der Waals surface area contributed by atoms with Crippen molar-refractivity contribution in [3.05, 3.63) is 47.6 Å². The fourth-order valence-corrected chi connectivity index (χ4v) is 4.77. The number of imidazole rings is 1. The summed E-state index contributed by atoms with van der Waals surface area (Å²) in [5.74, 6) is 1.94. The number of amidine groups is 1. The van der Waals surface area contributed by atoms with Gasteiger partial charge < -0.3 is 23.9 Å². The van der Waals surface area contributed by atoms with Crippen LogP contribution in [0.1, 0.15) is 36.9 Å². The van der Waals surface area contributed by atoms with Crippen LogP contribution in [-0.4, -0.2) is 70.5 Å². The van der Waals surface area contributed by atoms with E-state index in [2.05, 4.69) is 27.2 Å². The van der Waals surface area contributed by atoms with Gasteiger partial charge in [-0.05, 0) is 55.5 Å². The SMILES string of the molecule is COc1cc(/C=C2\CCCN3C2=NOC[C@@H]3CN2CCCC2=O)ccc1-n1cnc(C)c1. The van der Waals surface area contributed by atoms with Gasteiger partial charge in [-0.15, -0.1) is 0 Å². The molecule has 0 aliphatic carbocycles. The molecule has 3 aliphatic rings. The number of carbonyl (C=O) groups excluding carboxylic acids is 1. The molecule has 0 unspecified atom stereocenters. The van der Waals surface area contributed by atoms with Crippen molar-refractivity contribution >= 4 is 17.8 Å². The van der Waals surface area contributed by atoms with Gasteiger partial charge in [-0.25, -0.2) is 4.98 Å². The molecule has 8 heteroatoms. The molecule has 4 heterocycles. The lowest BCUT2D eigenvalue weighted by Crippen LogP contribution is -2.53. The van der Waals surface area contributed by atoms with Gasteiger partial charge in [0, 0.05) is 32.3 Å². The molecule has 0 radical (unpaired) electrons. The van der Waals surface area contributed by atoms with Crippen molar-refractivity contribution in [2.75, 3.05) is 33.4 Å². The molecule has 1 aromatic carbocycles. The van der Waals surface area contributed by atoms with Gasteiger partial charge in [0.05, 0.1) is 30.9 Å². The smallest absolute Gasteiger partial charge is 0.222 e. The van der Waals surface area contributed by atoms with Crippen molar-refractivity contribution in [2.24, 2.45) is 5.16 Å². The van der Waals surface area contributed by atoms with Gasteiger partial charge in [-0.2, -0.15) is 0 Å². The number of ether oxygens (including phenoxy) is 1. The zero-order valence-corrected chi connectivity index (χ0v) is 18.7. The summed E-state index contributed by atoms with van der Waals surface area (Å²) in [6, 6.07) is 6.33. The monoisotopic (exact) mass is 435 g/mol. The molecule has 1 amide bonds. The number of rotatable bonds is 5. The van der Waals surface area contributed by atoms with Gasteiger partial charge in [-0.3, -0.25) is 4.79 Å². The number of fused-ring (bicyclic) bond motifs is 1. The van der Waals surface area contributed by atoms with Crippen LogP contribution >= 0.6 is 0 Å². The molecule has 32 heavy (non-hydrogen) atoms. The Kier molecular flexibility index (Phi) is 5.59. The Morgan fingerprint density at radius 2 is 2.12 bits per heavy atom. The van der Waals surface area contributed by atoms with E-state index in [-0.39, 0.29) is 11.9 Å². The van der Waals surface area contributed by atoms with Crippen LogP contribution in [0.2, 0.25) is 0 Å². The van der Waals surface area contributed by atoms with Crippen molar-refractivity contribution < 1.29 is 14.4 Å². The average molecular weight is 436 g/mol. The lowest BCUT2D eigenvalue weighted by molar-refractivity contribution is -0.128. The molecule has 0 bridgehead atoms. The second-order valence-corrected chi connectivity index (χ2v) is 8.63. The highest BCUT2D eigenvalue weighted by Gasteiger charge is 2.34. The molecule has 8 nitrogen and oxygen atoms in total. The number of piperidine rings is 1. The second kappa shape index (κ2) is 8.68. The van der Waals surface area contributed by atoms with Crippen LogP contribution in [0, 0.1) is 6.92 Å². The minimum atomic E-state index is 0.148. The maximum atomic E-state index is 12.1. The van der Waals surface area contributed by atoms with Crippen molar-refractivity contribution in [1.82, 2.24) is 19.4 Å². The second-order valence-electron chi connectivity index (χ2n) is 8.63. The first kappa shape index (κ1) is 20.6. The quantitative estimate of drug-likeness (QED) is 0.722. The Morgan fingerprint density at radius 3 is 2.88 bits per heavy atom. The summed E-state index contributed by atoms with van der Waals surface area (Å²) in [4.78, 5) is 26.3. The average Bonchev–Trinajstić information content (AvgIpc) is 3.42. The molecule has 1 atom stereocenters. The molecule has 1 aromatic heterocycles. The molecular weight excluding hydrogens is 406 g/mol. The summed E-state index contributed by atoms with van der Waals surface area (Å²) < 4.78 is 7.64. The van der Waals surface area contributed by atoms with Crippen LogP contribution in [0.5, 0.6) is 5.75 Å². The van der Waals surface area contributed by atoms with Crippen LogP contribution in [-0.2, 0) is 9.63 Å². The third kappa shape index (κ3) is 3.97. The van der Waals surface area contributed by atoms with Gasteiger partial charge in [0.1, 0.15) is 12.4 Å². The topological polar surface area (TPSA) is 72.2 Å². The molecule has 2 saturated heterocycles. The first-order valence-electron chi connectivity index (χ1n) is 11.3. The third-order valence-electron chi connectivity index (χ3n) is 6.40. The Morgan fingerprint density at radius 1 is 1.25 bits per heavy atom. The van der Waals surface area contributed by atoms with Gasteiger partial charge in [-0.1, -0.05) is 11.2 Å². The highest BCUT2D eigenvalue weighted by atomic mass is 16.6. The molecule has 0 saturated carbocycles. The van der Waals surface area contributed by atoms with E-state index in [9.17, 15) is 4.79 Å². The number of carbonyl (C=O) groups is 1. The van der Waals surface area contributed by atoms with Gasteiger partial charge >= 0.3 is 0 Å². The van der Waals surface area contributed by atoms with Gasteiger partial charge in [0.25, 0.3) is 0 Å². The molecule has 2 fully saturated rings. The Labute approximate surface area is 188 Å². The van der Waals surface area contributed by atoms with Crippen molar-refractivity contribution in [1.29, 1.82) is 0 Å². The Balaban J connectivity index is 1.39. The number of methoxy groups -OCH3 is 1. The normalized spacial score (nSPS) is 22.1. The highest BCUT2D eigenvalue weighted by molar-refractivity contribution is 6.03. The van der Waals surface area contributed by atoms with Crippen molar-refractivity contribution in [3.63, 3.8) is 0 Å². The molecule has 2 aromatic rings. The summed E-state index contributed by atoms with van der Waals surface area (Å²) in [7, 11) is 1.69. The fraction of sp³-hybridized carbons (Fsp3) is 0.458. The van der Waals surface area contributed by atoms with Crippen LogP contribution in [0.25, 0.3) is 11.8 Å². The van der Waals surface area contributed by atoms with E-state index in [0.717, 1.165) is 66.5 Å². The number of benzene rings is 1. The minimum absolute atomic E-state index is 0.148. The molecule has 5 rings (SSSR count). The number of hydrogen-bond donors (Lipinski definition) is 0. The van der Waals surface area contributed by atoms with Gasteiger partial charge in [0.2, 0.25) is 5.91 Å². The Bertz CT molecular complexity index is 1070. The lowest BCUT2D eigenvalue weighted by atomic mass is 9.98. The summed E-state index contributed by atoms with van der Waals surface area (Å²) in [6.07, 6.45) is 9.56. The van der Waals surface area contributed by atoms with E-state index in [0.29, 0.717) is 19.6 Å². The molecule has 0 spiro atoms. The third-order valence-corrected chi connectivity index (χ3v) is 6.40. The van der Waals surface area contributed by atoms with Crippen LogP contribution in [0.3, 0.4) is 0 Å². The number of oxime groups is 1. The molecule has 0 N–H and O–H groups in total. The first-order valence-corrected chi connectivity index (χ1v) is 11.3. The van der Waals surface area contributed by atoms with Crippen molar-refractivity contribution in [3.8, 4) is 11.4 Å². The van der Waals surface area contributed by atoms with E-state index in [1.165, 1.54) is 0 Å². The number of amides is 1. The molecular formula is C24H29N5O3. The largest absolute Gasteiger partial charge is 0.495 e. The van der Waals surface area contributed by atoms with E-state index >= 15 is 0 Å². The standard InChI is InChI=1S/C24H29N5O3/c1-17-13-28(16-25-17)21-8-7-18(12-22(21)31-2)11-19-5-3-10-29-20(15-32-26-24(19)29)14-27-9-4-6-23(27)30/h7-8,11-13,16,20H,3-6,9-10,14-15H2,1-2H3/b19-11+/t20-/m0/s1. The van der Waals surface area contributed by atoms with Crippen molar-refractivity contribution in [2.45, 2.75) is 38.6 Å². The number of likely N-dealkylation sites (tertiary alicyclic amines) is 1. The highest BCUT2D eigenvalue weighted by Crippen LogP contribution is 2.29. The number of nitrogens with zero attached hydrogens (tertiary/aromatic N) is 5. The van der Waals surface area contributed by atoms with Gasteiger partial charge in [0.15, 0.2) is 5.84 Å². The van der Waals surface area contributed by atoms with E-state index in [1.54, 1.807) is 13.4 Å². The maximum Gasteiger partial charge on any atom is 0.222 e. The van der Waals surface area contributed by atoms with E-state index in [1.807, 2.05) is 34.7 Å². The fourth-order valence-electron chi connectivity index (χ4n) is 4.77. The van der Waals surface area contributed by atoms with E-state index < -0.39 is 0 Å². The summed E-state index contributed by atoms with van der Waals surface area (Å²) in [6.45, 7) is 4.98. The predicted molar refractivity (Wildman–Crippen MR) is 122 cm³/mol. The lowest BCUT2D eigenvalue weighted by Gasteiger charge is -2.41. The summed E-state index contributed by atoms with van der Waals surface area (Å²) in [5, 5.41) is 4.41. The first-order chi connectivity index (χ1) is 15.6. The van der Waals surface area contributed by atoms with Crippen LogP contribution in [0.15, 0.2) is 41.5 Å². The molecule has 3 aliphatic heterocycles. The maximum absolute atomic E-state index is 12.1. The number of aryl methyl sites for hydroxylation is 1. The van der Waals surface area contributed by atoms with Crippen LogP contribution in [0.4, 0.5) is 0 Å². The molecule has 168 valence electrons. The summed E-state index contributed by atoms with van der Waals surface area (Å²) >= 11 is 0. The number of hydrogen-bond acceptors (Lipinski definition) is 6. The predicted octanol–water partition coefficient (Wildman–Crippen LogP) is 3.00. The van der Waals surface area contributed by atoms with E-state index in [4.69, 9.17) is 9.57 Å². The number of aromatic nitrogens is 2. The zero-order chi connectivity index (χ0) is 22.1. The van der Waals surface area contributed by atoms with Crippen LogP contribution < -0.4 is 4.74 Å². The summed E-state index contributed by atoms with van der Waals surface area (Å²) in [5.41, 5.74) is 4.12. The Hall–Kier alpha value is -3.29.